The SMILES string of the molecule is COc1ccc(N2CCCCC2)c(-c2ccc(=O)n(C)c2)c1. The molecule has 1 aromatic carbocycles. The van der Waals surface area contributed by atoms with Gasteiger partial charge in [0.1, 0.15) is 5.75 Å². The molecule has 1 saturated heterocycles. The molecule has 0 bridgehead atoms. The van der Waals surface area contributed by atoms with E-state index in [4.69, 9.17) is 4.74 Å². The summed E-state index contributed by atoms with van der Waals surface area (Å²) in [5, 5.41) is 0. The molecule has 4 heteroatoms. The van der Waals surface area contributed by atoms with E-state index in [9.17, 15) is 4.79 Å². The van der Waals surface area contributed by atoms with Crippen LogP contribution in [0.1, 0.15) is 19.3 Å². The Morgan fingerprint density at radius 2 is 1.82 bits per heavy atom. The number of rotatable bonds is 3. The maximum absolute atomic E-state index is 11.6. The Labute approximate surface area is 131 Å². The lowest BCUT2D eigenvalue weighted by Crippen LogP contribution is -2.29. The van der Waals surface area contributed by atoms with Crippen molar-refractivity contribution >= 4 is 5.69 Å². The van der Waals surface area contributed by atoms with Crippen molar-refractivity contribution in [3.8, 4) is 16.9 Å². The highest BCUT2D eigenvalue weighted by Crippen LogP contribution is 2.35. The number of aromatic nitrogens is 1. The first-order valence-electron chi connectivity index (χ1n) is 7.79. The minimum absolute atomic E-state index is 0.00571. The molecule has 22 heavy (non-hydrogen) atoms. The normalized spacial score (nSPS) is 14.9. The van der Waals surface area contributed by atoms with Crippen molar-refractivity contribution in [2.24, 2.45) is 7.05 Å². The number of methoxy groups -OCH3 is 1. The molecule has 1 aliphatic rings. The van der Waals surface area contributed by atoms with E-state index in [1.165, 1.54) is 24.9 Å². The van der Waals surface area contributed by atoms with E-state index in [1.54, 1.807) is 24.8 Å². The lowest BCUT2D eigenvalue weighted by Gasteiger charge is -2.31. The summed E-state index contributed by atoms with van der Waals surface area (Å²) in [4.78, 5) is 14.1. The number of ether oxygens (including phenoxy) is 1. The summed E-state index contributed by atoms with van der Waals surface area (Å²) in [5.74, 6) is 0.838. The quantitative estimate of drug-likeness (QED) is 0.873. The molecule has 3 rings (SSSR count). The summed E-state index contributed by atoms with van der Waals surface area (Å²) in [6.45, 7) is 2.18. The first-order chi connectivity index (χ1) is 10.7. The molecule has 1 aliphatic heterocycles. The Bertz CT molecular complexity index is 715. The summed E-state index contributed by atoms with van der Waals surface area (Å²) >= 11 is 0. The molecule has 0 spiro atoms. The standard InChI is InChI=1S/C18H22N2O2/c1-19-13-14(6-9-18(19)21)16-12-15(22-2)7-8-17(16)20-10-4-3-5-11-20/h6-9,12-13H,3-5,10-11H2,1-2H3. The van der Waals surface area contributed by atoms with Crippen molar-refractivity contribution in [2.45, 2.75) is 19.3 Å². The van der Waals surface area contributed by atoms with E-state index < -0.39 is 0 Å². The number of benzene rings is 1. The summed E-state index contributed by atoms with van der Waals surface area (Å²) in [6.07, 6.45) is 5.67. The number of piperidine rings is 1. The van der Waals surface area contributed by atoms with Gasteiger partial charge in [0.05, 0.1) is 7.11 Å². The average molecular weight is 298 g/mol. The summed E-state index contributed by atoms with van der Waals surface area (Å²) in [5.41, 5.74) is 3.39. The first-order valence-corrected chi connectivity index (χ1v) is 7.79. The van der Waals surface area contributed by atoms with Gasteiger partial charge in [-0.15, -0.1) is 0 Å². The molecule has 0 N–H and O–H groups in total. The predicted octanol–water partition coefficient (Wildman–Crippen LogP) is 3.05. The molecule has 0 radical (unpaired) electrons. The predicted molar refractivity (Wildman–Crippen MR) is 89.7 cm³/mol. The van der Waals surface area contributed by atoms with Gasteiger partial charge in [0.25, 0.3) is 0 Å². The molecule has 0 saturated carbocycles. The smallest absolute Gasteiger partial charge is 0.250 e. The fourth-order valence-corrected chi connectivity index (χ4v) is 3.04. The fourth-order valence-electron chi connectivity index (χ4n) is 3.04. The van der Waals surface area contributed by atoms with E-state index >= 15 is 0 Å². The summed E-state index contributed by atoms with van der Waals surface area (Å²) in [7, 11) is 3.47. The topological polar surface area (TPSA) is 34.5 Å². The molecule has 2 aromatic rings. The second kappa shape index (κ2) is 6.26. The van der Waals surface area contributed by atoms with Gasteiger partial charge in [-0.25, -0.2) is 0 Å². The number of pyridine rings is 1. The third-order valence-electron chi connectivity index (χ3n) is 4.30. The minimum Gasteiger partial charge on any atom is -0.497 e. The third kappa shape index (κ3) is 2.86. The van der Waals surface area contributed by atoms with Crippen LogP contribution in [-0.2, 0) is 7.05 Å². The largest absolute Gasteiger partial charge is 0.497 e. The van der Waals surface area contributed by atoms with Crippen LogP contribution in [-0.4, -0.2) is 24.8 Å². The molecule has 0 unspecified atom stereocenters. The molecule has 1 fully saturated rings. The maximum atomic E-state index is 11.6. The molecule has 2 heterocycles. The van der Waals surface area contributed by atoms with Gasteiger partial charge in [-0.05, 0) is 43.5 Å². The number of hydrogen-bond donors (Lipinski definition) is 0. The van der Waals surface area contributed by atoms with Crippen molar-refractivity contribution in [2.75, 3.05) is 25.1 Å². The van der Waals surface area contributed by atoms with E-state index in [1.807, 2.05) is 18.3 Å². The highest BCUT2D eigenvalue weighted by atomic mass is 16.5. The third-order valence-corrected chi connectivity index (χ3v) is 4.30. The lowest BCUT2D eigenvalue weighted by atomic mass is 10.0. The van der Waals surface area contributed by atoms with Gasteiger partial charge < -0.3 is 14.2 Å². The van der Waals surface area contributed by atoms with Crippen LogP contribution in [0.15, 0.2) is 41.3 Å². The van der Waals surface area contributed by atoms with E-state index in [0.717, 1.165) is 30.0 Å². The van der Waals surface area contributed by atoms with Crippen LogP contribution in [0.3, 0.4) is 0 Å². The molecule has 0 atom stereocenters. The van der Waals surface area contributed by atoms with Gasteiger partial charge >= 0.3 is 0 Å². The molecule has 0 amide bonds. The van der Waals surface area contributed by atoms with Crippen molar-refractivity contribution in [1.82, 2.24) is 4.57 Å². The zero-order chi connectivity index (χ0) is 15.5. The van der Waals surface area contributed by atoms with Crippen LogP contribution in [0.2, 0.25) is 0 Å². The summed E-state index contributed by atoms with van der Waals surface area (Å²) in [6, 6.07) is 9.71. The van der Waals surface area contributed by atoms with Crippen LogP contribution >= 0.6 is 0 Å². The Balaban J connectivity index is 2.09. The fraction of sp³-hybridized carbons (Fsp3) is 0.389. The average Bonchev–Trinajstić information content (AvgIpc) is 2.57. The second-order valence-electron chi connectivity index (χ2n) is 5.80. The Kier molecular flexibility index (Phi) is 4.18. The Morgan fingerprint density at radius 3 is 2.50 bits per heavy atom. The van der Waals surface area contributed by atoms with E-state index in [-0.39, 0.29) is 5.56 Å². The minimum atomic E-state index is 0.00571. The van der Waals surface area contributed by atoms with Crippen molar-refractivity contribution in [1.29, 1.82) is 0 Å². The lowest BCUT2D eigenvalue weighted by molar-refractivity contribution is 0.415. The second-order valence-corrected chi connectivity index (χ2v) is 5.80. The Hall–Kier alpha value is -2.23. The number of hydrogen-bond acceptors (Lipinski definition) is 3. The molecule has 1 aromatic heterocycles. The van der Waals surface area contributed by atoms with Crippen molar-refractivity contribution < 1.29 is 4.74 Å². The van der Waals surface area contributed by atoms with Crippen LogP contribution in [0, 0.1) is 0 Å². The van der Waals surface area contributed by atoms with Gasteiger partial charge in [-0.2, -0.15) is 0 Å². The van der Waals surface area contributed by atoms with Crippen LogP contribution in [0.4, 0.5) is 5.69 Å². The summed E-state index contributed by atoms with van der Waals surface area (Å²) < 4.78 is 7.01. The maximum Gasteiger partial charge on any atom is 0.250 e. The van der Waals surface area contributed by atoms with Crippen molar-refractivity contribution in [3.63, 3.8) is 0 Å². The van der Waals surface area contributed by atoms with Crippen LogP contribution < -0.4 is 15.2 Å². The number of aryl methyl sites for hydroxylation is 1. The zero-order valence-electron chi connectivity index (χ0n) is 13.2. The molecular weight excluding hydrogens is 276 g/mol. The molecular formula is C18H22N2O2. The van der Waals surface area contributed by atoms with Gasteiger partial charge in [-0.3, -0.25) is 4.79 Å². The molecule has 116 valence electrons. The van der Waals surface area contributed by atoms with Crippen LogP contribution in [0.25, 0.3) is 11.1 Å². The Morgan fingerprint density at radius 1 is 1.05 bits per heavy atom. The van der Waals surface area contributed by atoms with Crippen LogP contribution in [0.5, 0.6) is 5.75 Å². The first kappa shape index (κ1) is 14.7. The highest BCUT2D eigenvalue weighted by Gasteiger charge is 2.16. The van der Waals surface area contributed by atoms with Crippen molar-refractivity contribution in [3.05, 3.63) is 46.9 Å². The highest BCUT2D eigenvalue weighted by molar-refractivity contribution is 5.79. The number of anilines is 1. The number of nitrogens with zero attached hydrogens (tertiary/aromatic N) is 2. The van der Waals surface area contributed by atoms with E-state index in [2.05, 4.69) is 17.0 Å². The van der Waals surface area contributed by atoms with E-state index in [0.29, 0.717) is 0 Å². The monoisotopic (exact) mass is 298 g/mol. The van der Waals surface area contributed by atoms with Gasteiger partial charge in [0.15, 0.2) is 0 Å². The molecule has 0 aliphatic carbocycles. The van der Waals surface area contributed by atoms with Gasteiger partial charge in [0, 0.05) is 49.2 Å². The zero-order valence-corrected chi connectivity index (χ0v) is 13.2. The molecule has 4 nitrogen and oxygen atoms in total. The van der Waals surface area contributed by atoms with Gasteiger partial charge in [0.2, 0.25) is 5.56 Å². The van der Waals surface area contributed by atoms with Gasteiger partial charge in [-0.1, -0.05) is 0 Å².